The van der Waals surface area contributed by atoms with E-state index in [-0.39, 0.29) is 17.5 Å². The standard InChI is InChI=1S/C23H19FN2O2/c24-17-7-5-15(6-8-17)14-26-21-4-2-1-3-20(21)23(22(26)28)19-10-9-18(27)13-16(19)11-12-25-23/h1-10,13,25,27H,11-12,14H2. The van der Waals surface area contributed by atoms with Crippen LogP contribution in [0.25, 0.3) is 0 Å². The molecule has 3 aromatic carbocycles. The predicted molar refractivity (Wildman–Crippen MR) is 105 cm³/mol. The molecule has 0 bridgehead atoms. The summed E-state index contributed by atoms with van der Waals surface area (Å²) in [5.41, 5.74) is 3.53. The Bertz CT molecular complexity index is 1080. The third-order valence-corrected chi connectivity index (χ3v) is 5.70. The lowest BCUT2D eigenvalue weighted by molar-refractivity contribution is -0.123. The highest BCUT2D eigenvalue weighted by molar-refractivity contribution is 6.10. The largest absolute Gasteiger partial charge is 0.508 e. The summed E-state index contributed by atoms with van der Waals surface area (Å²) in [5, 5.41) is 13.4. The molecule has 0 fully saturated rings. The Kier molecular flexibility index (Phi) is 3.74. The average molecular weight is 374 g/mol. The summed E-state index contributed by atoms with van der Waals surface area (Å²) >= 11 is 0. The zero-order valence-corrected chi connectivity index (χ0v) is 15.2. The number of fused-ring (bicyclic) bond motifs is 4. The number of phenols is 1. The van der Waals surface area contributed by atoms with Crippen LogP contribution in [0.5, 0.6) is 5.75 Å². The Labute approximate surface area is 162 Å². The molecule has 2 aliphatic rings. The first-order valence-electron chi connectivity index (χ1n) is 9.33. The minimum absolute atomic E-state index is 0.0512. The van der Waals surface area contributed by atoms with Crippen LogP contribution in [-0.4, -0.2) is 17.6 Å². The van der Waals surface area contributed by atoms with Gasteiger partial charge in [-0.3, -0.25) is 10.1 Å². The van der Waals surface area contributed by atoms with Gasteiger partial charge in [0.15, 0.2) is 5.54 Å². The smallest absolute Gasteiger partial charge is 0.256 e. The Morgan fingerprint density at radius 2 is 1.82 bits per heavy atom. The highest BCUT2D eigenvalue weighted by Crippen LogP contribution is 2.47. The van der Waals surface area contributed by atoms with Crippen molar-refractivity contribution in [3.05, 3.63) is 94.8 Å². The molecule has 0 aromatic heterocycles. The van der Waals surface area contributed by atoms with Crippen molar-refractivity contribution in [1.29, 1.82) is 0 Å². The van der Waals surface area contributed by atoms with Crippen LogP contribution in [0, 0.1) is 5.82 Å². The number of amides is 1. The van der Waals surface area contributed by atoms with Crippen LogP contribution in [0.15, 0.2) is 66.7 Å². The molecule has 0 saturated heterocycles. The molecule has 1 amide bonds. The zero-order chi connectivity index (χ0) is 19.3. The van der Waals surface area contributed by atoms with Crippen LogP contribution in [0.3, 0.4) is 0 Å². The number of hydrogen-bond donors (Lipinski definition) is 2. The maximum atomic E-state index is 13.8. The zero-order valence-electron chi connectivity index (χ0n) is 15.2. The average Bonchev–Trinajstić information content (AvgIpc) is 2.93. The van der Waals surface area contributed by atoms with Gasteiger partial charge in [-0.1, -0.05) is 36.4 Å². The summed E-state index contributed by atoms with van der Waals surface area (Å²) in [4.78, 5) is 15.5. The van der Waals surface area contributed by atoms with Crippen LogP contribution < -0.4 is 10.2 Å². The van der Waals surface area contributed by atoms with Gasteiger partial charge in [-0.15, -0.1) is 0 Å². The molecule has 2 aliphatic heterocycles. The summed E-state index contributed by atoms with van der Waals surface area (Å²) in [7, 11) is 0. The van der Waals surface area contributed by atoms with Crippen LogP contribution >= 0.6 is 0 Å². The van der Waals surface area contributed by atoms with Crippen molar-refractivity contribution in [1.82, 2.24) is 5.32 Å². The molecular formula is C23H19FN2O2. The summed E-state index contributed by atoms with van der Waals surface area (Å²) in [6, 6.07) is 19.2. The van der Waals surface area contributed by atoms with E-state index in [2.05, 4.69) is 5.32 Å². The van der Waals surface area contributed by atoms with E-state index in [0.717, 1.165) is 34.4 Å². The number of rotatable bonds is 2. The van der Waals surface area contributed by atoms with E-state index in [4.69, 9.17) is 0 Å². The number of halogens is 1. The lowest BCUT2D eigenvalue weighted by Gasteiger charge is -2.36. The molecule has 28 heavy (non-hydrogen) atoms. The number of carbonyl (C=O) groups is 1. The maximum absolute atomic E-state index is 13.8. The molecule has 1 unspecified atom stereocenters. The lowest BCUT2D eigenvalue weighted by Crippen LogP contribution is -2.54. The van der Waals surface area contributed by atoms with Gasteiger partial charge < -0.3 is 10.0 Å². The summed E-state index contributed by atoms with van der Waals surface area (Å²) in [5.74, 6) is -0.140. The Hall–Kier alpha value is -3.18. The molecule has 2 N–H and O–H groups in total. The lowest BCUT2D eigenvalue weighted by atomic mass is 9.78. The minimum Gasteiger partial charge on any atom is -0.508 e. The SMILES string of the molecule is O=C1N(Cc2ccc(F)cc2)c2ccccc2C12NCCc1cc(O)ccc12. The Balaban J connectivity index is 1.66. The van der Waals surface area contributed by atoms with E-state index in [1.54, 1.807) is 29.2 Å². The number of nitrogens with one attached hydrogen (secondary N) is 1. The topological polar surface area (TPSA) is 52.6 Å². The van der Waals surface area contributed by atoms with Gasteiger partial charge in [-0.05, 0) is 53.4 Å². The molecule has 3 aromatic rings. The number of hydrogen-bond acceptors (Lipinski definition) is 3. The molecule has 1 atom stereocenters. The molecule has 4 nitrogen and oxygen atoms in total. The van der Waals surface area contributed by atoms with Gasteiger partial charge in [0.25, 0.3) is 5.91 Å². The molecule has 1 spiro atoms. The van der Waals surface area contributed by atoms with Crippen molar-refractivity contribution in [2.45, 2.75) is 18.5 Å². The number of carbonyl (C=O) groups excluding carboxylic acids is 1. The van der Waals surface area contributed by atoms with E-state index in [9.17, 15) is 14.3 Å². The third kappa shape index (κ3) is 2.36. The van der Waals surface area contributed by atoms with Crippen LogP contribution in [0.1, 0.15) is 22.3 Å². The molecule has 5 rings (SSSR count). The number of nitrogens with zero attached hydrogens (tertiary/aromatic N) is 1. The summed E-state index contributed by atoms with van der Waals surface area (Å²) in [6.45, 7) is 1.01. The van der Waals surface area contributed by atoms with Crippen molar-refractivity contribution >= 4 is 11.6 Å². The fourth-order valence-electron chi connectivity index (χ4n) is 4.45. The Morgan fingerprint density at radius 1 is 1.04 bits per heavy atom. The Morgan fingerprint density at radius 3 is 2.64 bits per heavy atom. The van der Waals surface area contributed by atoms with Gasteiger partial charge in [0.1, 0.15) is 11.6 Å². The third-order valence-electron chi connectivity index (χ3n) is 5.70. The quantitative estimate of drug-likeness (QED) is 0.722. The summed E-state index contributed by atoms with van der Waals surface area (Å²) < 4.78 is 13.3. The molecule has 0 aliphatic carbocycles. The van der Waals surface area contributed by atoms with Gasteiger partial charge >= 0.3 is 0 Å². The van der Waals surface area contributed by atoms with Crippen molar-refractivity contribution in [2.75, 3.05) is 11.4 Å². The molecule has 2 heterocycles. The van der Waals surface area contributed by atoms with E-state index in [1.807, 2.05) is 30.3 Å². The number of benzene rings is 3. The van der Waals surface area contributed by atoms with Crippen LogP contribution in [0.4, 0.5) is 10.1 Å². The molecule has 0 saturated carbocycles. The molecule has 140 valence electrons. The van der Waals surface area contributed by atoms with E-state index in [0.29, 0.717) is 13.1 Å². The molecule has 0 radical (unpaired) electrons. The van der Waals surface area contributed by atoms with Crippen molar-refractivity contribution in [3.63, 3.8) is 0 Å². The van der Waals surface area contributed by atoms with Gasteiger partial charge in [0.05, 0.1) is 12.2 Å². The predicted octanol–water partition coefficient (Wildman–Crippen LogP) is 3.47. The highest BCUT2D eigenvalue weighted by Gasteiger charge is 2.53. The first-order chi connectivity index (χ1) is 13.6. The van der Waals surface area contributed by atoms with Crippen molar-refractivity contribution < 1.29 is 14.3 Å². The maximum Gasteiger partial charge on any atom is 0.256 e. The van der Waals surface area contributed by atoms with Crippen LogP contribution in [-0.2, 0) is 23.3 Å². The van der Waals surface area contributed by atoms with Crippen molar-refractivity contribution in [3.8, 4) is 5.75 Å². The van der Waals surface area contributed by atoms with E-state index < -0.39 is 5.54 Å². The fourth-order valence-corrected chi connectivity index (χ4v) is 4.45. The van der Waals surface area contributed by atoms with Crippen molar-refractivity contribution in [2.24, 2.45) is 0 Å². The van der Waals surface area contributed by atoms with Gasteiger partial charge in [-0.25, -0.2) is 4.39 Å². The fraction of sp³-hybridized carbons (Fsp3) is 0.174. The second kappa shape index (κ2) is 6.17. The molecule has 5 heteroatoms. The number of anilines is 1. The van der Waals surface area contributed by atoms with Gasteiger partial charge in [-0.2, -0.15) is 0 Å². The molecular weight excluding hydrogens is 355 g/mol. The van der Waals surface area contributed by atoms with E-state index >= 15 is 0 Å². The minimum atomic E-state index is -0.960. The number of phenolic OH excluding ortho intramolecular Hbond substituents is 1. The second-order valence-corrected chi connectivity index (χ2v) is 7.30. The van der Waals surface area contributed by atoms with Gasteiger partial charge in [0.2, 0.25) is 0 Å². The van der Waals surface area contributed by atoms with Crippen LogP contribution in [0.2, 0.25) is 0 Å². The first kappa shape index (κ1) is 17.0. The summed E-state index contributed by atoms with van der Waals surface area (Å²) in [6.07, 6.45) is 0.749. The monoisotopic (exact) mass is 374 g/mol. The van der Waals surface area contributed by atoms with E-state index in [1.165, 1.54) is 12.1 Å². The highest BCUT2D eigenvalue weighted by atomic mass is 19.1. The second-order valence-electron chi connectivity index (χ2n) is 7.30. The van der Waals surface area contributed by atoms with Gasteiger partial charge in [0, 0.05) is 12.1 Å². The number of para-hydroxylation sites is 1. The number of aromatic hydroxyl groups is 1. The normalized spacial score (nSPS) is 20.3. The first-order valence-corrected chi connectivity index (χ1v) is 9.33.